The highest BCUT2D eigenvalue weighted by atomic mass is 16.2. The van der Waals surface area contributed by atoms with Crippen LogP contribution in [-0.2, 0) is 13.5 Å². The Morgan fingerprint density at radius 1 is 1.40 bits per heavy atom. The van der Waals surface area contributed by atoms with Crippen molar-refractivity contribution in [2.75, 3.05) is 13.1 Å². The lowest BCUT2D eigenvalue weighted by Crippen LogP contribution is -2.45. The first-order chi connectivity index (χ1) is 12.2. The van der Waals surface area contributed by atoms with Crippen molar-refractivity contribution in [2.24, 2.45) is 7.05 Å². The number of urea groups is 1. The standard InChI is InChI=1S/C19H23N5O/c1-23-17(9-11-22-23)18-7-2-3-12-24(18)19(25)21-10-8-15-5-4-6-16(13-15)14-20/h4-6,9,11,13,18H,2-3,7-8,10,12H2,1H3,(H,21,25). The van der Waals surface area contributed by atoms with Gasteiger partial charge in [-0.1, -0.05) is 12.1 Å². The first-order valence-electron chi connectivity index (χ1n) is 8.70. The third-order valence-corrected chi connectivity index (χ3v) is 4.71. The molecule has 1 aromatic carbocycles. The molecule has 1 aromatic heterocycles. The zero-order valence-corrected chi connectivity index (χ0v) is 14.5. The summed E-state index contributed by atoms with van der Waals surface area (Å²) in [4.78, 5) is 14.6. The van der Waals surface area contributed by atoms with E-state index in [1.54, 1.807) is 12.3 Å². The van der Waals surface area contributed by atoms with E-state index in [1.165, 1.54) is 0 Å². The van der Waals surface area contributed by atoms with Crippen LogP contribution < -0.4 is 5.32 Å². The molecule has 0 saturated carbocycles. The first kappa shape index (κ1) is 17.0. The fourth-order valence-electron chi connectivity index (χ4n) is 3.40. The van der Waals surface area contributed by atoms with Crippen molar-refractivity contribution in [2.45, 2.75) is 31.7 Å². The van der Waals surface area contributed by atoms with Gasteiger partial charge in [0.2, 0.25) is 0 Å². The number of rotatable bonds is 4. The van der Waals surface area contributed by atoms with Crippen molar-refractivity contribution in [1.82, 2.24) is 20.0 Å². The van der Waals surface area contributed by atoms with E-state index in [-0.39, 0.29) is 12.1 Å². The van der Waals surface area contributed by atoms with Crippen LogP contribution in [-0.4, -0.2) is 33.8 Å². The van der Waals surface area contributed by atoms with Gasteiger partial charge in [-0.3, -0.25) is 4.68 Å². The molecular formula is C19H23N5O. The van der Waals surface area contributed by atoms with Gasteiger partial charge in [-0.25, -0.2) is 4.79 Å². The van der Waals surface area contributed by atoms with Gasteiger partial charge in [-0.15, -0.1) is 0 Å². The van der Waals surface area contributed by atoms with E-state index in [0.29, 0.717) is 18.5 Å². The molecule has 6 nitrogen and oxygen atoms in total. The molecular weight excluding hydrogens is 314 g/mol. The highest BCUT2D eigenvalue weighted by Crippen LogP contribution is 2.30. The molecule has 3 rings (SSSR count). The highest BCUT2D eigenvalue weighted by Gasteiger charge is 2.29. The summed E-state index contributed by atoms with van der Waals surface area (Å²) in [5.41, 5.74) is 2.79. The molecule has 2 aromatic rings. The van der Waals surface area contributed by atoms with Gasteiger partial charge >= 0.3 is 6.03 Å². The van der Waals surface area contributed by atoms with Crippen LogP contribution in [0.25, 0.3) is 0 Å². The third-order valence-electron chi connectivity index (χ3n) is 4.71. The number of nitrogens with zero attached hydrogens (tertiary/aromatic N) is 4. The number of benzene rings is 1. The molecule has 0 spiro atoms. The molecule has 25 heavy (non-hydrogen) atoms. The van der Waals surface area contributed by atoms with Crippen molar-refractivity contribution in [3.63, 3.8) is 0 Å². The van der Waals surface area contributed by atoms with E-state index in [9.17, 15) is 4.79 Å². The van der Waals surface area contributed by atoms with Crippen molar-refractivity contribution < 1.29 is 4.79 Å². The number of hydrogen-bond acceptors (Lipinski definition) is 3. The van der Waals surface area contributed by atoms with Crippen LogP contribution in [0.2, 0.25) is 0 Å². The van der Waals surface area contributed by atoms with Crippen LogP contribution in [0.15, 0.2) is 36.5 Å². The lowest BCUT2D eigenvalue weighted by Gasteiger charge is -2.35. The van der Waals surface area contributed by atoms with E-state index in [2.05, 4.69) is 16.5 Å². The zero-order valence-electron chi connectivity index (χ0n) is 14.5. The van der Waals surface area contributed by atoms with E-state index in [0.717, 1.165) is 37.1 Å². The van der Waals surface area contributed by atoms with Crippen LogP contribution >= 0.6 is 0 Å². The fourth-order valence-corrected chi connectivity index (χ4v) is 3.40. The molecule has 6 heteroatoms. The van der Waals surface area contributed by atoms with Gasteiger partial charge in [0.1, 0.15) is 0 Å². The Hall–Kier alpha value is -2.81. The number of aryl methyl sites for hydroxylation is 1. The third kappa shape index (κ3) is 4.00. The van der Waals surface area contributed by atoms with Crippen molar-refractivity contribution in [3.8, 4) is 6.07 Å². The quantitative estimate of drug-likeness (QED) is 0.932. The lowest BCUT2D eigenvalue weighted by molar-refractivity contribution is 0.148. The summed E-state index contributed by atoms with van der Waals surface area (Å²) in [7, 11) is 1.92. The number of carbonyl (C=O) groups excluding carboxylic acids is 1. The minimum Gasteiger partial charge on any atom is -0.338 e. The van der Waals surface area contributed by atoms with Crippen LogP contribution in [0.1, 0.15) is 42.1 Å². The van der Waals surface area contributed by atoms with Crippen LogP contribution in [0.3, 0.4) is 0 Å². The number of likely N-dealkylation sites (tertiary alicyclic amines) is 1. The van der Waals surface area contributed by atoms with Gasteiger partial charge in [0.25, 0.3) is 0 Å². The van der Waals surface area contributed by atoms with Crippen molar-refractivity contribution in [3.05, 3.63) is 53.3 Å². The molecule has 1 aliphatic rings. The maximum absolute atomic E-state index is 12.7. The highest BCUT2D eigenvalue weighted by molar-refractivity contribution is 5.74. The zero-order chi connectivity index (χ0) is 17.6. The lowest BCUT2D eigenvalue weighted by atomic mass is 9.99. The van der Waals surface area contributed by atoms with Gasteiger partial charge in [0, 0.05) is 26.3 Å². The molecule has 1 atom stereocenters. The maximum atomic E-state index is 12.7. The summed E-state index contributed by atoms with van der Waals surface area (Å²) in [5, 5.41) is 16.2. The molecule has 0 radical (unpaired) electrons. The summed E-state index contributed by atoms with van der Waals surface area (Å²) in [5.74, 6) is 0. The largest absolute Gasteiger partial charge is 0.338 e. The Labute approximate surface area is 148 Å². The minimum atomic E-state index is -0.0256. The summed E-state index contributed by atoms with van der Waals surface area (Å²) in [6.45, 7) is 1.33. The predicted molar refractivity (Wildman–Crippen MR) is 94.8 cm³/mol. The van der Waals surface area contributed by atoms with Crippen LogP contribution in [0, 0.1) is 11.3 Å². The summed E-state index contributed by atoms with van der Waals surface area (Å²) in [6.07, 6.45) is 5.62. The molecule has 1 saturated heterocycles. The summed E-state index contributed by atoms with van der Waals surface area (Å²) in [6, 6.07) is 11.7. The van der Waals surface area contributed by atoms with E-state index < -0.39 is 0 Å². The SMILES string of the molecule is Cn1nccc1C1CCCCN1C(=O)NCCc1cccc(C#N)c1. The predicted octanol–water partition coefficient (Wildman–Crippen LogP) is 2.77. The Kier molecular flexibility index (Phi) is 5.34. The van der Waals surface area contributed by atoms with E-state index >= 15 is 0 Å². The smallest absolute Gasteiger partial charge is 0.317 e. The molecule has 1 fully saturated rings. The first-order valence-corrected chi connectivity index (χ1v) is 8.70. The normalized spacial score (nSPS) is 17.1. The Balaban J connectivity index is 1.59. The number of nitrogens with one attached hydrogen (secondary N) is 1. The van der Waals surface area contributed by atoms with Gasteiger partial charge in [0.15, 0.2) is 0 Å². The molecule has 0 bridgehead atoms. The molecule has 2 heterocycles. The summed E-state index contributed by atoms with van der Waals surface area (Å²) >= 11 is 0. The van der Waals surface area contributed by atoms with Crippen LogP contribution in [0.4, 0.5) is 4.79 Å². The Bertz CT molecular complexity index is 776. The van der Waals surface area contributed by atoms with E-state index in [4.69, 9.17) is 5.26 Å². The number of nitriles is 1. The fraction of sp³-hybridized carbons (Fsp3) is 0.421. The van der Waals surface area contributed by atoms with Crippen LogP contribution in [0.5, 0.6) is 0 Å². The van der Waals surface area contributed by atoms with E-state index in [1.807, 2.05) is 40.9 Å². The maximum Gasteiger partial charge on any atom is 0.317 e. The van der Waals surface area contributed by atoms with Crippen molar-refractivity contribution in [1.29, 1.82) is 5.26 Å². The van der Waals surface area contributed by atoms with Gasteiger partial charge in [-0.2, -0.15) is 10.4 Å². The molecule has 0 aliphatic carbocycles. The minimum absolute atomic E-state index is 0.0256. The molecule has 2 amide bonds. The molecule has 1 N–H and O–H groups in total. The van der Waals surface area contributed by atoms with Gasteiger partial charge < -0.3 is 10.2 Å². The van der Waals surface area contributed by atoms with Gasteiger partial charge in [-0.05, 0) is 49.4 Å². The van der Waals surface area contributed by atoms with Gasteiger partial charge in [0.05, 0.1) is 23.4 Å². The number of aromatic nitrogens is 2. The molecule has 1 unspecified atom stereocenters. The topological polar surface area (TPSA) is 74.0 Å². The van der Waals surface area contributed by atoms with Crippen molar-refractivity contribution >= 4 is 6.03 Å². The Morgan fingerprint density at radius 3 is 3.04 bits per heavy atom. The number of carbonyl (C=O) groups is 1. The summed E-state index contributed by atoms with van der Waals surface area (Å²) < 4.78 is 1.85. The average Bonchev–Trinajstić information content (AvgIpc) is 3.07. The second-order valence-electron chi connectivity index (χ2n) is 6.38. The number of piperidine rings is 1. The Morgan fingerprint density at radius 2 is 2.28 bits per heavy atom. The number of amides is 2. The number of hydrogen-bond donors (Lipinski definition) is 1. The molecule has 1 aliphatic heterocycles. The molecule has 130 valence electrons. The second kappa shape index (κ2) is 7.84. The average molecular weight is 337 g/mol. The second-order valence-corrected chi connectivity index (χ2v) is 6.38. The monoisotopic (exact) mass is 337 g/mol.